The normalized spacial score (nSPS) is 23.2. The highest BCUT2D eigenvalue weighted by Gasteiger charge is 2.30. The molecule has 3 rings (SSSR count). The van der Waals surface area contributed by atoms with Crippen LogP contribution in [0.1, 0.15) is 50.5 Å². The molecule has 0 aromatic carbocycles. The lowest BCUT2D eigenvalue weighted by atomic mass is 10.1. The SMILES string of the molecule is Cc1cc(N2CCN(C3CCCCNC3=O)CC2)nc(C(C)C)n1. The summed E-state index contributed by atoms with van der Waals surface area (Å²) in [6.07, 6.45) is 3.21. The highest BCUT2D eigenvalue weighted by Crippen LogP contribution is 2.20. The zero-order valence-electron chi connectivity index (χ0n) is 15.1. The van der Waals surface area contributed by atoms with Crippen LogP contribution in [0.5, 0.6) is 0 Å². The van der Waals surface area contributed by atoms with Gasteiger partial charge in [-0.15, -0.1) is 0 Å². The number of hydrogen-bond donors (Lipinski definition) is 1. The molecule has 1 unspecified atom stereocenters. The molecule has 0 saturated carbocycles. The Hall–Kier alpha value is -1.69. The van der Waals surface area contributed by atoms with Gasteiger partial charge in [0.15, 0.2) is 0 Å². The fraction of sp³-hybridized carbons (Fsp3) is 0.722. The van der Waals surface area contributed by atoms with Crippen LogP contribution in [-0.4, -0.2) is 59.5 Å². The van der Waals surface area contributed by atoms with Gasteiger partial charge in [-0.3, -0.25) is 9.69 Å². The molecule has 0 spiro atoms. The maximum absolute atomic E-state index is 12.2. The Balaban J connectivity index is 1.65. The van der Waals surface area contributed by atoms with E-state index >= 15 is 0 Å². The third kappa shape index (κ3) is 3.86. The summed E-state index contributed by atoms with van der Waals surface area (Å²) in [4.78, 5) is 26.2. The number of anilines is 1. The molecule has 0 bridgehead atoms. The number of rotatable bonds is 3. The first kappa shape index (κ1) is 17.1. The van der Waals surface area contributed by atoms with Crippen LogP contribution in [0.2, 0.25) is 0 Å². The first-order chi connectivity index (χ1) is 11.5. The van der Waals surface area contributed by atoms with Crippen LogP contribution < -0.4 is 10.2 Å². The van der Waals surface area contributed by atoms with Gasteiger partial charge < -0.3 is 10.2 Å². The molecule has 1 aromatic rings. The average molecular weight is 331 g/mol. The van der Waals surface area contributed by atoms with Crippen molar-refractivity contribution in [3.05, 3.63) is 17.6 Å². The van der Waals surface area contributed by atoms with Gasteiger partial charge in [-0.05, 0) is 26.2 Å². The van der Waals surface area contributed by atoms with Crippen molar-refractivity contribution in [2.75, 3.05) is 37.6 Å². The Morgan fingerprint density at radius 1 is 1.17 bits per heavy atom. The fourth-order valence-electron chi connectivity index (χ4n) is 3.53. The Bertz CT molecular complexity index is 581. The van der Waals surface area contributed by atoms with E-state index in [1.165, 1.54) is 0 Å². The molecule has 0 radical (unpaired) electrons. The smallest absolute Gasteiger partial charge is 0.237 e. The molecule has 1 atom stereocenters. The number of nitrogens with one attached hydrogen (secondary N) is 1. The molecular formula is C18H29N5O. The summed E-state index contributed by atoms with van der Waals surface area (Å²) < 4.78 is 0. The second kappa shape index (κ2) is 7.47. The van der Waals surface area contributed by atoms with E-state index in [-0.39, 0.29) is 11.9 Å². The van der Waals surface area contributed by atoms with Crippen molar-refractivity contribution in [2.45, 2.75) is 52.0 Å². The van der Waals surface area contributed by atoms with Gasteiger partial charge in [0, 0.05) is 50.4 Å². The topological polar surface area (TPSA) is 61.4 Å². The van der Waals surface area contributed by atoms with Gasteiger partial charge >= 0.3 is 0 Å². The average Bonchev–Trinajstić information content (AvgIpc) is 2.79. The van der Waals surface area contributed by atoms with Crippen molar-refractivity contribution in [1.29, 1.82) is 0 Å². The minimum atomic E-state index is 0.0491. The number of piperazine rings is 1. The Morgan fingerprint density at radius 3 is 2.62 bits per heavy atom. The zero-order chi connectivity index (χ0) is 17.1. The standard InChI is InChI=1S/C18H29N5O/c1-13(2)17-20-14(3)12-16(21-17)23-10-8-22(9-11-23)15-6-4-5-7-19-18(15)24/h12-13,15H,4-11H2,1-3H3,(H,19,24). The van der Waals surface area contributed by atoms with E-state index < -0.39 is 0 Å². The van der Waals surface area contributed by atoms with E-state index in [2.05, 4.69) is 40.0 Å². The van der Waals surface area contributed by atoms with E-state index in [4.69, 9.17) is 4.98 Å². The van der Waals surface area contributed by atoms with E-state index in [1.807, 2.05) is 6.92 Å². The van der Waals surface area contributed by atoms with Crippen LogP contribution in [-0.2, 0) is 4.79 Å². The van der Waals surface area contributed by atoms with Crippen LogP contribution >= 0.6 is 0 Å². The highest BCUT2D eigenvalue weighted by molar-refractivity contribution is 5.82. The zero-order valence-corrected chi connectivity index (χ0v) is 15.1. The van der Waals surface area contributed by atoms with Crippen molar-refractivity contribution in [2.24, 2.45) is 0 Å². The minimum absolute atomic E-state index is 0.0491. The summed E-state index contributed by atoms with van der Waals surface area (Å²) in [5.74, 6) is 2.48. The second-order valence-electron chi connectivity index (χ2n) is 7.21. The molecule has 0 aliphatic carbocycles. The van der Waals surface area contributed by atoms with Crippen molar-refractivity contribution < 1.29 is 4.79 Å². The van der Waals surface area contributed by atoms with E-state index in [0.29, 0.717) is 5.92 Å². The van der Waals surface area contributed by atoms with Gasteiger partial charge in [0.1, 0.15) is 11.6 Å². The van der Waals surface area contributed by atoms with Crippen molar-refractivity contribution in [3.8, 4) is 0 Å². The summed E-state index contributed by atoms with van der Waals surface area (Å²) in [5.41, 5.74) is 1.02. The second-order valence-corrected chi connectivity index (χ2v) is 7.21. The number of aryl methyl sites for hydroxylation is 1. The van der Waals surface area contributed by atoms with Crippen LogP contribution in [0.4, 0.5) is 5.82 Å². The molecular weight excluding hydrogens is 302 g/mol. The number of aromatic nitrogens is 2. The van der Waals surface area contributed by atoms with Crippen LogP contribution in [0.15, 0.2) is 6.07 Å². The Kier molecular flexibility index (Phi) is 5.33. The molecule has 132 valence electrons. The monoisotopic (exact) mass is 331 g/mol. The van der Waals surface area contributed by atoms with Gasteiger partial charge in [-0.2, -0.15) is 0 Å². The fourth-order valence-corrected chi connectivity index (χ4v) is 3.53. The van der Waals surface area contributed by atoms with Gasteiger partial charge in [-0.25, -0.2) is 9.97 Å². The van der Waals surface area contributed by atoms with Gasteiger partial charge in [0.05, 0.1) is 6.04 Å². The molecule has 2 aliphatic rings. The van der Waals surface area contributed by atoms with E-state index in [1.54, 1.807) is 0 Å². The van der Waals surface area contributed by atoms with E-state index in [9.17, 15) is 4.79 Å². The lowest BCUT2D eigenvalue weighted by Crippen LogP contribution is -2.54. The molecule has 1 amide bonds. The number of carbonyl (C=O) groups is 1. The van der Waals surface area contributed by atoms with Gasteiger partial charge in [0.2, 0.25) is 5.91 Å². The van der Waals surface area contributed by atoms with Gasteiger partial charge in [-0.1, -0.05) is 13.8 Å². The largest absolute Gasteiger partial charge is 0.355 e. The highest BCUT2D eigenvalue weighted by atomic mass is 16.2. The Labute approximate surface area is 144 Å². The number of amides is 1. The molecule has 24 heavy (non-hydrogen) atoms. The third-order valence-corrected chi connectivity index (χ3v) is 4.96. The molecule has 2 aliphatic heterocycles. The summed E-state index contributed by atoms with van der Waals surface area (Å²) >= 11 is 0. The lowest BCUT2D eigenvalue weighted by Gasteiger charge is -2.38. The molecule has 2 fully saturated rings. The Morgan fingerprint density at radius 2 is 1.92 bits per heavy atom. The first-order valence-electron chi connectivity index (χ1n) is 9.17. The number of carbonyl (C=O) groups excluding carboxylic acids is 1. The van der Waals surface area contributed by atoms with Gasteiger partial charge in [0.25, 0.3) is 0 Å². The predicted octanol–water partition coefficient (Wildman–Crippen LogP) is 1.70. The molecule has 2 saturated heterocycles. The molecule has 6 nitrogen and oxygen atoms in total. The van der Waals surface area contributed by atoms with Crippen molar-refractivity contribution >= 4 is 11.7 Å². The third-order valence-electron chi connectivity index (χ3n) is 4.96. The predicted molar refractivity (Wildman–Crippen MR) is 95.3 cm³/mol. The van der Waals surface area contributed by atoms with Crippen LogP contribution in [0.3, 0.4) is 0 Å². The lowest BCUT2D eigenvalue weighted by molar-refractivity contribution is -0.126. The number of nitrogens with zero attached hydrogens (tertiary/aromatic N) is 4. The van der Waals surface area contributed by atoms with Crippen LogP contribution in [0, 0.1) is 6.92 Å². The number of hydrogen-bond acceptors (Lipinski definition) is 5. The summed E-state index contributed by atoms with van der Waals surface area (Å²) in [6.45, 7) is 10.8. The summed E-state index contributed by atoms with van der Waals surface area (Å²) in [6, 6.07) is 2.12. The molecule has 6 heteroatoms. The maximum Gasteiger partial charge on any atom is 0.237 e. The van der Waals surface area contributed by atoms with Crippen molar-refractivity contribution in [3.63, 3.8) is 0 Å². The minimum Gasteiger partial charge on any atom is -0.355 e. The van der Waals surface area contributed by atoms with E-state index in [0.717, 1.165) is 69.3 Å². The maximum atomic E-state index is 12.2. The summed E-state index contributed by atoms with van der Waals surface area (Å²) in [5, 5.41) is 3.05. The van der Waals surface area contributed by atoms with Crippen molar-refractivity contribution in [1.82, 2.24) is 20.2 Å². The first-order valence-corrected chi connectivity index (χ1v) is 9.17. The van der Waals surface area contributed by atoms with Crippen LogP contribution in [0.25, 0.3) is 0 Å². The molecule has 1 aromatic heterocycles. The summed E-state index contributed by atoms with van der Waals surface area (Å²) in [7, 11) is 0. The molecule has 3 heterocycles. The quantitative estimate of drug-likeness (QED) is 0.913. The molecule has 1 N–H and O–H groups in total.